The first-order valence-electron chi connectivity index (χ1n) is 7.97. The number of unbranched alkanes of at least 4 members (excludes halogenated alkanes) is 2. The van der Waals surface area contributed by atoms with Crippen molar-refractivity contribution in [1.29, 1.82) is 0 Å². The Morgan fingerprint density at radius 2 is 1.96 bits per heavy atom. The van der Waals surface area contributed by atoms with E-state index < -0.39 is 5.97 Å². The van der Waals surface area contributed by atoms with Gasteiger partial charge in [0.15, 0.2) is 11.5 Å². The van der Waals surface area contributed by atoms with E-state index in [0.717, 1.165) is 49.1 Å². The van der Waals surface area contributed by atoms with E-state index in [1.165, 1.54) is 0 Å². The van der Waals surface area contributed by atoms with E-state index in [0.29, 0.717) is 24.7 Å². The number of aromatic nitrogens is 2. The van der Waals surface area contributed by atoms with Crippen LogP contribution in [0.15, 0.2) is 12.1 Å². The highest BCUT2D eigenvalue weighted by molar-refractivity contribution is 5.82. The van der Waals surface area contributed by atoms with Gasteiger partial charge in [0.2, 0.25) is 0 Å². The highest BCUT2D eigenvalue weighted by atomic mass is 16.6. The number of hydrogen-bond donors (Lipinski definition) is 1. The van der Waals surface area contributed by atoms with Crippen LogP contribution in [0.3, 0.4) is 0 Å². The summed E-state index contributed by atoms with van der Waals surface area (Å²) in [6, 6.07) is 3.62. The van der Waals surface area contributed by atoms with Crippen LogP contribution < -0.4 is 20.3 Å². The van der Waals surface area contributed by atoms with Gasteiger partial charge >= 0.3 is 0 Å². The third-order valence-corrected chi connectivity index (χ3v) is 3.93. The number of quaternary nitrogens is 1. The van der Waals surface area contributed by atoms with Gasteiger partial charge in [0.05, 0.1) is 30.1 Å². The average Bonchev–Trinajstić information content (AvgIpc) is 2.86. The van der Waals surface area contributed by atoms with E-state index in [1.807, 2.05) is 6.07 Å². The van der Waals surface area contributed by atoms with Crippen LogP contribution >= 0.6 is 0 Å². The number of aryl methyl sites for hydroxylation is 1. The van der Waals surface area contributed by atoms with Gasteiger partial charge < -0.3 is 29.7 Å². The molecular formula is C16H21N3O4. The normalized spacial score (nSPS) is 13.4. The largest absolute Gasteiger partial charge is 0.548 e. The first-order valence-corrected chi connectivity index (χ1v) is 7.97. The highest BCUT2D eigenvalue weighted by Crippen LogP contribution is 2.34. The lowest BCUT2D eigenvalue weighted by Gasteiger charge is -2.18. The molecule has 7 heteroatoms. The zero-order valence-electron chi connectivity index (χ0n) is 13.0. The van der Waals surface area contributed by atoms with Crippen molar-refractivity contribution in [2.75, 3.05) is 19.8 Å². The third kappa shape index (κ3) is 3.39. The van der Waals surface area contributed by atoms with E-state index in [9.17, 15) is 9.90 Å². The summed E-state index contributed by atoms with van der Waals surface area (Å²) < 4.78 is 12.8. The number of fused-ring (bicyclic) bond motifs is 2. The zero-order valence-corrected chi connectivity index (χ0v) is 13.0. The number of hydrogen-bond acceptors (Lipinski definition) is 5. The molecule has 0 unspecified atom stereocenters. The van der Waals surface area contributed by atoms with Crippen LogP contribution in [0.4, 0.5) is 0 Å². The molecule has 2 heterocycles. The molecule has 3 N–H and O–H groups in total. The van der Waals surface area contributed by atoms with E-state index in [4.69, 9.17) is 9.47 Å². The summed E-state index contributed by atoms with van der Waals surface area (Å²) >= 11 is 0. The minimum atomic E-state index is -1.13. The molecule has 0 atom stereocenters. The maximum Gasteiger partial charge on any atom is 0.163 e. The van der Waals surface area contributed by atoms with Crippen LogP contribution in [0, 0.1) is 0 Å². The molecule has 0 aliphatic carbocycles. The summed E-state index contributed by atoms with van der Waals surface area (Å²) in [5, 5.41) is 11.1. The molecule has 1 aromatic carbocycles. The minimum absolute atomic E-state index is 0.208. The van der Waals surface area contributed by atoms with Crippen LogP contribution in [-0.2, 0) is 17.8 Å². The Kier molecular flexibility index (Phi) is 4.66. The number of rotatable bonds is 7. The number of carbonyl (C=O) groups is 1. The number of carboxylic acids is 1. The maximum absolute atomic E-state index is 11.1. The van der Waals surface area contributed by atoms with Gasteiger partial charge in [0.25, 0.3) is 0 Å². The number of carboxylic acid groups (broad SMARTS) is 1. The summed E-state index contributed by atoms with van der Waals surface area (Å²) in [5.41, 5.74) is 5.30. The highest BCUT2D eigenvalue weighted by Gasteiger charge is 2.18. The fourth-order valence-corrected chi connectivity index (χ4v) is 2.84. The molecule has 124 valence electrons. The molecule has 1 aliphatic heterocycles. The molecule has 0 saturated carbocycles. The Morgan fingerprint density at radius 3 is 2.65 bits per heavy atom. The zero-order chi connectivity index (χ0) is 16.2. The molecule has 0 bridgehead atoms. The second kappa shape index (κ2) is 6.87. The van der Waals surface area contributed by atoms with E-state index >= 15 is 0 Å². The van der Waals surface area contributed by atoms with Gasteiger partial charge in [-0.1, -0.05) is 0 Å². The fourth-order valence-electron chi connectivity index (χ4n) is 2.84. The predicted molar refractivity (Wildman–Crippen MR) is 81.0 cm³/mol. The lowest BCUT2D eigenvalue weighted by molar-refractivity contribution is -0.368. The lowest BCUT2D eigenvalue weighted by atomic mass is 10.2. The molecule has 7 nitrogen and oxygen atoms in total. The van der Waals surface area contributed by atoms with Crippen molar-refractivity contribution >= 4 is 17.0 Å². The predicted octanol–water partition coefficient (Wildman–Crippen LogP) is -0.488. The smallest absolute Gasteiger partial charge is 0.163 e. The number of aliphatic carboxylic acids is 1. The third-order valence-electron chi connectivity index (χ3n) is 3.93. The van der Waals surface area contributed by atoms with E-state index in [1.54, 1.807) is 10.6 Å². The summed E-state index contributed by atoms with van der Waals surface area (Å²) in [7, 11) is 0. The Hall–Kier alpha value is -2.28. The van der Waals surface area contributed by atoms with Crippen LogP contribution in [0.25, 0.3) is 11.0 Å². The van der Waals surface area contributed by atoms with Crippen LogP contribution in [0.1, 0.15) is 25.1 Å². The molecule has 0 spiro atoms. The maximum atomic E-state index is 11.1. The second-order valence-electron chi connectivity index (χ2n) is 5.63. The Bertz CT molecular complexity index is 711. The quantitative estimate of drug-likeness (QED) is 0.694. The molecule has 3 rings (SSSR count). The molecule has 0 amide bonds. The average molecular weight is 319 g/mol. The van der Waals surface area contributed by atoms with Gasteiger partial charge in [0.1, 0.15) is 19.0 Å². The summed E-state index contributed by atoms with van der Waals surface area (Å²) in [6.45, 7) is 1.71. The summed E-state index contributed by atoms with van der Waals surface area (Å²) in [5.74, 6) is 0.922. The van der Waals surface area contributed by atoms with Crippen molar-refractivity contribution in [3.8, 4) is 11.5 Å². The Labute approximate surface area is 134 Å². The van der Waals surface area contributed by atoms with Crippen LogP contribution in [0.2, 0.25) is 0 Å². The number of imidazole rings is 1. The molecule has 2 aromatic rings. The van der Waals surface area contributed by atoms with E-state index in [-0.39, 0.29) is 6.54 Å². The van der Waals surface area contributed by atoms with Crippen LogP contribution in [-0.4, -0.2) is 35.3 Å². The van der Waals surface area contributed by atoms with Gasteiger partial charge in [-0.05, 0) is 19.3 Å². The van der Waals surface area contributed by atoms with Crippen molar-refractivity contribution in [3.63, 3.8) is 0 Å². The number of ether oxygens (including phenoxy) is 2. The van der Waals surface area contributed by atoms with Gasteiger partial charge in [-0.15, -0.1) is 0 Å². The van der Waals surface area contributed by atoms with Crippen molar-refractivity contribution in [3.05, 3.63) is 18.0 Å². The summed E-state index contributed by atoms with van der Waals surface area (Å²) in [6.07, 6.45) is 3.81. The summed E-state index contributed by atoms with van der Waals surface area (Å²) in [4.78, 5) is 15.7. The molecule has 1 aromatic heterocycles. The Balaban J connectivity index is 1.95. The minimum Gasteiger partial charge on any atom is -0.548 e. The molecular weight excluding hydrogens is 298 g/mol. The van der Waals surface area contributed by atoms with Crippen molar-refractivity contribution < 1.29 is 25.1 Å². The number of benzene rings is 1. The second-order valence-corrected chi connectivity index (χ2v) is 5.63. The standard InChI is InChI=1S/C16H21N3O4/c17-5-3-1-2-4-15-18-11-8-13-14(23-7-6-22-13)9-12(11)19(15)10-16(20)21/h8-9H,1-7,10,17H2,(H,20,21). The number of nitrogens with zero attached hydrogens (tertiary/aromatic N) is 2. The van der Waals surface area contributed by atoms with Gasteiger partial charge in [-0.25, -0.2) is 4.98 Å². The van der Waals surface area contributed by atoms with Gasteiger partial charge in [-0.3, -0.25) is 0 Å². The van der Waals surface area contributed by atoms with Crippen molar-refractivity contribution in [2.24, 2.45) is 0 Å². The Morgan fingerprint density at radius 1 is 1.22 bits per heavy atom. The molecule has 0 fully saturated rings. The molecule has 1 aliphatic rings. The van der Waals surface area contributed by atoms with Gasteiger partial charge in [0, 0.05) is 18.6 Å². The molecule has 0 radical (unpaired) electrons. The van der Waals surface area contributed by atoms with E-state index in [2.05, 4.69) is 10.7 Å². The van der Waals surface area contributed by atoms with Crippen molar-refractivity contribution in [2.45, 2.75) is 32.2 Å². The number of carbonyl (C=O) groups excluding carboxylic acids is 1. The SMILES string of the molecule is [NH3+]CCCCCc1nc2cc3c(cc2n1CC(=O)[O-])OCCO3. The first-order chi connectivity index (χ1) is 11.2. The van der Waals surface area contributed by atoms with Gasteiger partial charge in [-0.2, -0.15) is 0 Å². The molecule has 23 heavy (non-hydrogen) atoms. The van der Waals surface area contributed by atoms with Crippen molar-refractivity contribution in [1.82, 2.24) is 9.55 Å². The first kappa shape index (κ1) is 15.6. The lowest BCUT2D eigenvalue weighted by Crippen LogP contribution is -2.50. The fraction of sp³-hybridized carbons (Fsp3) is 0.500. The van der Waals surface area contributed by atoms with Crippen LogP contribution in [0.5, 0.6) is 11.5 Å². The topological polar surface area (TPSA) is 104 Å². The molecule has 0 saturated heterocycles. The monoisotopic (exact) mass is 319 g/mol.